The predicted molar refractivity (Wildman–Crippen MR) is 147 cm³/mol. The molecule has 1 unspecified atom stereocenters. The lowest BCUT2D eigenvalue weighted by Crippen LogP contribution is -2.36. The molecule has 0 amide bonds. The number of aromatic nitrogens is 5. The van der Waals surface area contributed by atoms with Crippen LogP contribution >= 0.6 is 0 Å². The normalized spacial score (nSPS) is 20.5. The van der Waals surface area contributed by atoms with E-state index in [0.29, 0.717) is 23.1 Å². The summed E-state index contributed by atoms with van der Waals surface area (Å²) >= 11 is 0. The second-order valence-corrected chi connectivity index (χ2v) is 11.7. The Bertz CT molecular complexity index is 1580. The van der Waals surface area contributed by atoms with Crippen LogP contribution in [0.2, 0.25) is 0 Å². The van der Waals surface area contributed by atoms with Gasteiger partial charge in [0.15, 0.2) is 0 Å². The van der Waals surface area contributed by atoms with E-state index in [1.165, 1.54) is 21.2 Å². The van der Waals surface area contributed by atoms with E-state index in [4.69, 9.17) is 0 Å². The van der Waals surface area contributed by atoms with Gasteiger partial charge >= 0.3 is 11.9 Å². The SMILES string of the molecule is CC(c1cc(C(F)(F)F)c2cn(-c3cccc([C@H](c4nncn4C)C4CCC4)c3)c(=O)n2c1)N1CCC[C@H](C)C1. The summed E-state index contributed by atoms with van der Waals surface area (Å²) in [5, 5.41) is 8.44. The fraction of sp³-hybridized carbons (Fsp3) is 0.500. The Morgan fingerprint density at radius 2 is 1.85 bits per heavy atom. The van der Waals surface area contributed by atoms with E-state index >= 15 is 0 Å². The molecule has 2 fully saturated rings. The van der Waals surface area contributed by atoms with E-state index in [2.05, 4.69) is 22.0 Å². The molecule has 0 N–H and O–H groups in total. The van der Waals surface area contributed by atoms with E-state index in [1.807, 2.05) is 36.7 Å². The highest BCUT2D eigenvalue weighted by Crippen LogP contribution is 2.43. The molecule has 1 saturated heterocycles. The van der Waals surface area contributed by atoms with E-state index < -0.39 is 17.4 Å². The molecule has 2 aliphatic rings. The van der Waals surface area contributed by atoms with Crippen molar-refractivity contribution in [2.24, 2.45) is 18.9 Å². The van der Waals surface area contributed by atoms with Crippen molar-refractivity contribution in [3.05, 3.63) is 82.1 Å². The van der Waals surface area contributed by atoms with Crippen LogP contribution in [0, 0.1) is 11.8 Å². The van der Waals surface area contributed by atoms with Crippen LogP contribution in [-0.4, -0.2) is 41.7 Å². The van der Waals surface area contributed by atoms with Crippen LogP contribution in [0.5, 0.6) is 0 Å². The smallest absolute Gasteiger partial charge is 0.320 e. The van der Waals surface area contributed by atoms with Gasteiger partial charge in [-0.05, 0) is 80.3 Å². The topological polar surface area (TPSA) is 60.4 Å². The average Bonchev–Trinajstić information content (AvgIpc) is 3.47. The molecule has 6 rings (SSSR count). The van der Waals surface area contributed by atoms with Crippen molar-refractivity contribution >= 4 is 5.52 Å². The number of hydrogen-bond acceptors (Lipinski definition) is 4. The molecule has 4 heterocycles. The quantitative estimate of drug-likeness (QED) is 0.296. The van der Waals surface area contributed by atoms with Gasteiger partial charge in [-0.3, -0.25) is 13.9 Å². The van der Waals surface area contributed by atoms with Crippen LogP contribution in [0.25, 0.3) is 11.2 Å². The number of fused-ring (bicyclic) bond motifs is 1. The molecule has 0 bridgehead atoms. The Morgan fingerprint density at radius 3 is 2.50 bits per heavy atom. The maximum atomic E-state index is 14.4. The third kappa shape index (κ3) is 4.76. The first-order valence-corrected chi connectivity index (χ1v) is 14.1. The molecule has 0 radical (unpaired) electrons. The van der Waals surface area contributed by atoms with Crippen LogP contribution < -0.4 is 5.69 Å². The van der Waals surface area contributed by atoms with Crippen molar-refractivity contribution in [3.63, 3.8) is 0 Å². The number of halogens is 3. The molecule has 1 aromatic carbocycles. The first-order chi connectivity index (χ1) is 19.1. The molecule has 1 aliphatic heterocycles. The first-order valence-electron chi connectivity index (χ1n) is 14.1. The van der Waals surface area contributed by atoms with Gasteiger partial charge in [-0.2, -0.15) is 13.2 Å². The van der Waals surface area contributed by atoms with E-state index in [-0.39, 0.29) is 17.5 Å². The fourth-order valence-corrected chi connectivity index (χ4v) is 6.49. The van der Waals surface area contributed by atoms with Crippen molar-refractivity contribution in [3.8, 4) is 5.69 Å². The minimum Gasteiger partial charge on any atom is -0.320 e. The molecule has 4 aromatic rings. The molecule has 0 spiro atoms. The van der Waals surface area contributed by atoms with E-state index in [1.54, 1.807) is 18.6 Å². The van der Waals surface area contributed by atoms with Gasteiger partial charge in [-0.15, -0.1) is 10.2 Å². The summed E-state index contributed by atoms with van der Waals surface area (Å²) in [4.78, 5) is 15.9. The lowest BCUT2D eigenvalue weighted by atomic mass is 9.72. The van der Waals surface area contributed by atoms with Crippen molar-refractivity contribution < 1.29 is 13.2 Å². The average molecular weight is 553 g/mol. The minimum absolute atomic E-state index is 0.000874. The number of hydrogen-bond donors (Lipinski definition) is 0. The van der Waals surface area contributed by atoms with Gasteiger partial charge in [0.2, 0.25) is 0 Å². The summed E-state index contributed by atoms with van der Waals surface area (Å²) in [5.41, 5.74) is 0.553. The molecule has 212 valence electrons. The lowest BCUT2D eigenvalue weighted by Gasteiger charge is -2.36. The van der Waals surface area contributed by atoms with Crippen LogP contribution in [0.4, 0.5) is 13.2 Å². The number of likely N-dealkylation sites (tertiary alicyclic amines) is 1. The molecule has 10 heteroatoms. The molecular formula is C30H35F3N6O. The number of pyridine rings is 1. The Labute approximate surface area is 231 Å². The maximum Gasteiger partial charge on any atom is 0.418 e. The summed E-state index contributed by atoms with van der Waals surface area (Å²) in [7, 11) is 1.91. The molecular weight excluding hydrogens is 517 g/mol. The zero-order valence-electron chi connectivity index (χ0n) is 23.1. The summed E-state index contributed by atoms with van der Waals surface area (Å²) in [6, 6.07) is 8.52. The number of alkyl halides is 3. The summed E-state index contributed by atoms with van der Waals surface area (Å²) in [6.07, 6.45) is 5.43. The number of rotatable bonds is 6. The van der Waals surface area contributed by atoms with Gasteiger partial charge in [0.05, 0.1) is 16.8 Å². The molecule has 3 atom stereocenters. The van der Waals surface area contributed by atoms with Gasteiger partial charge < -0.3 is 4.57 Å². The monoisotopic (exact) mass is 552 g/mol. The van der Waals surface area contributed by atoms with Crippen molar-refractivity contribution in [1.29, 1.82) is 0 Å². The van der Waals surface area contributed by atoms with E-state index in [9.17, 15) is 18.0 Å². The maximum absolute atomic E-state index is 14.4. The predicted octanol–water partition coefficient (Wildman–Crippen LogP) is 5.96. The highest BCUT2D eigenvalue weighted by Gasteiger charge is 2.36. The van der Waals surface area contributed by atoms with Crippen molar-refractivity contribution in [2.75, 3.05) is 13.1 Å². The lowest BCUT2D eigenvalue weighted by molar-refractivity contribution is -0.136. The number of aryl methyl sites for hydroxylation is 1. The first kappa shape index (κ1) is 26.8. The highest BCUT2D eigenvalue weighted by molar-refractivity contribution is 5.58. The van der Waals surface area contributed by atoms with Crippen LogP contribution in [0.15, 0.2) is 53.8 Å². The number of imidazole rings is 1. The molecule has 7 nitrogen and oxygen atoms in total. The number of nitrogens with zero attached hydrogens (tertiary/aromatic N) is 6. The third-order valence-electron chi connectivity index (χ3n) is 8.97. The molecule has 1 aliphatic carbocycles. The largest absolute Gasteiger partial charge is 0.418 e. The van der Waals surface area contributed by atoms with Gasteiger partial charge in [-0.25, -0.2) is 4.79 Å². The van der Waals surface area contributed by atoms with Gasteiger partial charge in [0.25, 0.3) is 0 Å². The zero-order chi connectivity index (χ0) is 28.2. The Balaban J connectivity index is 1.45. The van der Waals surface area contributed by atoms with Gasteiger partial charge in [0.1, 0.15) is 12.2 Å². The second-order valence-electron chi connectivity index (χ2n) is 11.7. The molecule has 1 saturated carbocycles. The van der Waals surface area contributed by atoms with Crippen LogP contribution in [-0.2, 0) is 13.2 Å². The van der Waals surface area contributed by atoms with Crippen molar-refractivity contribution in [1.82, 2.24) is 28.6 Å². The van der Waals surface area contributed by atoms with Gasteiger partial charge in [-0.1, -0.05) is 25.5 Å². The van der Waals surface area contributed by atoms with E-state index in [0.717, 1.165) is 56.6 Å². The Morgan fingerprint density at radius 1 is 1.05 bits per heavy atom. The second kappa shape index (κ2) is 10.2. The number of piperidine rings is 1. The third-order valence-corrected chi connectivity index (χ3v) is 8.97. The van der Waals surface area contributed by atoms with Crippen LogP contribution in [0.3, 0.4) is 0 Å². The summed E-state index contributed by atoms with van der Waals surface area (Å²) in [5.74, 6) is 1.74. The highest BCUT2D eigenvalue weighted by atomic mass is 19.4. The number of benzene rings is 1. The minimum atomic E-state index is -4.60. The molecule has 3 aromatic heterocycles. The Hall–Kier alpha value is -3.40. The summed E-state index contributed by atoms with van der Waals surface area (Å²) in [6.45, 7) is 5.76. The summed E-state index contributed by atoms with van der Waals surface area (Å²) < 4.78 is 47.5. The Kier molecular flexibility index (Phi) is 6.84. The standard InChI is InChI=1S/C30H35F3N6O/c1-19-7-6-12-37(15-19)20(2)23-14-25(30(31,32)33)26-17-38(29(40)39(26)16-23)24-11-5-10-22(13-24)27(21-8-4-9-21)28-35-34-18-36(28)3/h5,10-11,13-14,16-21,27H,4,6-9,12,15H2,1-3H3/t19-,20?,27+/m0/s1. The zero-order valence-corrected chi connectivity index (χ0v) is 23.1. The van der Waals surface area contributed by atoms with Crippen molar-refractivity contribution in [2.45, 2.75) is 64.1 Å². The van der Waals surface area contributed by atoms with Gasteiger partial charge in [0, 0.05) is 37.9 Å². The van der Waals surface area contributed by atoms with Crippen LogP contribution in [0.1, 0.15) is 80.4 Å². The fourth-order valence-electron chi connectivity index (χ4n) is 6.49. The molecule has 40 heavy (non-hydrogen) atoms.